The molecule has 0 fully saturated rings. The van der Waals surface area contributed by atoms with Crippen LogP contribution in [0.5, 0.6) is 0 Å². The molecule has 20 heavy (non-hydrogen) atoms. The Balaban J connectivity index is 2.21. The van der Waals surface area contributed by atoms with Crippen LogP contribution in [0.2, 0.25) is 0 Å². The highest BCUT2D eigenvalue weighted by atomic mass is 79.9. The molecular weight excluding hydrogens is 341 g/mol. The number of hydrogen-bond donors (Lipinski definition) is 1. The van der Waals surface area contributed by atoms with Gasteiger partial charge in [-0.2, -0.15) is 0 Å². The van der Waals surface area contributed by atoms with Gasteiger partial charge < -0.3 is 5.32 Å². The van der Waals surface area contributed by atoms with Gasteiger partial charge in [0.2, 0.25) is 0 Å². The van der Waals surface area contributed by atoms with E-state index in [1.165, 1.54) is 6.07 Å². The zero-order chi connectivity index (χ0) is 14.5. The average molecular weight is 356 g/mol. The molecule has 2 rings (SSSR count). The summed E-state index contributed by atoms with van der Waals surface area (Å²) in [6, 6.07) is 8.39. The van der Waals surface area contributed by atoms with Crippen LogP contribution in [0.4, 0.5) is 4.39 Å². The second kappa shape index (κ2) is 6.99. The molecule has 2 aromatic rings. The van der Waals surface area contributed by atoms with E-state index in [2.05, 4.69) is 28.2 Å². The topological polar surface area (TPSA) is 29.1 Å². The lowest BCUT2D eigenvalue weighted by Crippen LogP contribution is -2.29. The number of nitrogens with one attached hydrogen (secondary N) is 1. The smallest absolute Gasteiger partial charge is 0.255 e. The van der Waals surface area contributed by atoms with E-state index in [0.717, 1.165) is 17.7 Å². The van der Waals surface area contributed by atoms with Crippen molar-refractivity contribution in [3.05, 3.63) is 56.4 Å². The molecule has 1 unspecified atom stereocenters. The van der Waals surface area contributed by atoms with Crippen LogP contribution in [0, 0.1) is 5.82 Å². The maximum atomic E-state index is 13.8. The lowest BCUT2D eigenvalue weighted by molar-refractivity contribution is 0.0930. The van der Waals surface area contributed by atoms with Gasteiger partial charge in [0.05, 0.1) is 11.6 Å². The Hall–Kier alpha value is -1.20. The van der Waals surface area contributed by atoms with E-state index < -0.39 is 5.82 Å². The zero-order valence-electron chi connectivity index (χ0n) is 11.0. The van der Waals surface area contributed by atoms with Crippen molar-refractivity contribution in [2.45, 2.75) is 25.8 Å². The molecule has 1 aromatic heterocycles. The van der Waals surface area contributed by atoms with Crippen LogP contribution < -0.4 is 5.32 Å². The maximum Gasteiger partial charge on any atom is 0.255 e. The molecule has 1 atom stereocenters. The summed E-state index contributed by atoms with van der Waals surface area (Å²) >= 11 is 4.82. The minimum atomic E-state index is -0.515. The Morgan fingerprint density at radius 2 is 2.20 bits per heavy atom. The fraction of sp³-hybridized carbons (Fsp3) is 0.267. The fourth-order valence-electron chi connectivity index (χ4n) is 2.01. The van der Waals surface area contributed by atoms with Gasteiger partial charge in [0, 0.05) is 9.35 Å². The average Bonchev–Trinajstić information content (AvgIpc) is 2.91. The van der Waals surface area contributed by atoms with Crippen molar-refractivity contribution in [2.75, 3.05) is 0 Å². The van der Waals surface area contributed by atoms with Gasteiger partial charge in [0.1, 0.15) is 5.82 Å². The normalized spacial score (nSPS) is 12.2. The minimum absolute atomic E-state index is 0.0603. The van der Waals surface area contributed by atoms with Crippen LogP contribution in [-0.2, 0) is 0 Å². The molecular formula is C15H15BrFNOS. The van der Waals surface area contributed by atoms with Crippen LogP contribution in [0.15, 0.2) is 40.2 Å². The standard InChI is InChI=1S/C15H15BrFNOS/c1-2-5-12(13-8-4-9-20-13)18-15(19)14-10(16)6-3-7-11(14)17/h3-4,6-9,12H,2,5H2,1H3,(H,18,19). The number of carbonyl (C=O) groups is 1. The number of rotatable bonds is 5. The molecule has 0 radical (unpaired) electrons. The van der Waals surface area contributed by atoms with E-state index in [1.807, 2.05) is 17.5 Å². The van der Waals surface area contributed by atoms with Crippen molar-refractivity contribution in [3.63, 3.8) is 0 Å². The van der Waals surface area contributed by atoms with Gasteiger partial charge in [-0.25, -0.2) is 4.39 Å². The molecule has 1 heterocycles. The molecule has 106 valence electrons. The van der Waals surface area contributed by atoms with Crippen LogP contribution in [0.25, 0.3) is 0 Å². The first-order valence-corrected chi connectivity index (χ1v) is 8.09. The third kappa shape index (κ3) is 3.46. The summed E-state index contributed by atoms with van der Waals surface area (Å²) in [4.78, 5) is 13.4. The molecule has 1 aromatic carbocycles. The highest BCUT2D eigenvalue weighted by molar-refractivity contribution is 9.10. The first-order valence-electron chi connectivity index (χ1n) is 6.41. The summed E-state index contributed by atoms with van der Waals surface area (Å²) in [6.07, 6.45) is 1.78. The zero-order valence-corrected chi connectivity index (χ0v) is 13.4. The van der Waals surface area contributed by atoms with Crippen molar-refractivity contribution < 1.29 is 9.18 Å². The van der Waals surface area contributed by atoms with E-state index in [-0.39, 0.29) is 17.5 Å². The molecule has 0 aliphatic carbocycles. The van der Waals surface area contributed by atoms with E-state index in [4.69, 9.17) is 0 Å². The first kappa shape index (κ1) is 15.2. The van der Waals surface area contributed by atoms with Crippen molar-refractivity contribution in [1.29, 1.82) is 0 Å². The Kier molecular flexibility index (Phi) is 5.31. The summed E-state index contributed by atoms with van der Waals surface area (Å²) in [5.74, 6) is -0.903. The van der Waals surface area contributed by atoms with Gasteiger partial charge in [-0.15, -0.1) is 11.3 Å². The van der Waals surface area contributed by atoms with Gasteiger partial charge in [-0.3, -0.25) is 4.79 Å². The Labute approximate surface area is 130 Å². The van der Waals surface area contributed by atoms with E-state index in [0.29, 0.717) is 4.47 Å². The molecule has 1 amide bonds. The molecule has 0 aliphatic rings. The number of hydrogen-bond acceptors (Lipinski definition) is 2. The Morgan fingerprint density at radius 3 is 2.80 bits per heavy atom. The van der Waals surface area contributed by atoms with Crippen LogP contribution in [0.1, 0.15) is 41.0 Å². The molecule has 5 heteroatoms. The quantitative estimate of drug-likeness (QED) is 0.809. The van der Waals surface area contributed by atoms with E-state index in [1.54, 1.807) is 23.5 Å². The predicted octanol–water partition coefficient (Wildman–Crippen LogP) is 4.92. The fourth-order valence-corrected chi connectivity index (χ4v) is 3.34. The number of benzene rings is 1. The van der Waals surface area contributed by atoms with Gasteiger partial charge >= 0.3 is 0 Å². The Bertz CT molecular complexity index is 565. The molecule has 2 nitrogen and oxygen atoms in total. The number of thiophene rings is 1. The monoisotopic (exact) mass is 355 g/mol. The minimum Gasteiger partial charge on any atom is -0.344 e. The lowest BCUT2D eigenvalue weighted by Gasteiger charge is -2.17. The third-order valence-corrected chi connectivity index (χ3v) is 4.61. The van der Waals surface area contributed by atoms with Crippen LogP contribution in [0.3, 0.4) is 0 Å². The molecule has 0 spiro atoms. The van der Waals surface area contributed by atoms with Gasteiger partial charge in [-0.05, 0) is 45.9 Å². The summed E-state index contributed by atoms with van der Waals surface area (Å²) in [5, 5.41) is 4.90. The van der Waals surface area contributed by atoms with Crippen molar-refractivity contribution in [2.24, 2.45) is 0 Å². The molecule has 0 aliphatic heterocycles. The van der Waals surface area contributed by atoms with Crippen LogP contribution in [-0.4, -0.2) is 5.91 Å². The second-order valence-electron chi connectivity index (χ2n) is 4.43. The Morgan fingerprint density at radius 1 is 1.40 bits per heavy atom. The third-order valence-electron chi connectivity index (χ3n) is 2.96. The number of halogens is 2. The van der Waals surface area contributed by atoms with Gasteiger partial charge in [-0.1, -0.05) is 25.5 Å². The summed E-state index contributed by atoms with van der Waals surface area (Å²) in [6.45, 7) is 2.06. The van der Waals surface area contributed by atoms with Crippen molar-refractivity contribution >= 4 is 33.2 Å². The summed E-state index contributed by atoms with van der Waals surface area (Å²) < 4.78 is 14.3. The predicted molar refractivity (Wildman–Crippen MR) is 83.5 cm³/mol. The van der Waals surface area contributed by atoms with Crippen molar-refractivity contribution in [3.8, 4) is 0 Å². The lowest BCUT2D eigenvalue weighted by atomic mass is 10.1. The van der Waals surface area contributed by atoms with E-state index in [9.17, 15) is 9.18 Å². The number of carbonyl (C=O) groups excluding carboxylic acids is 1. The molecule has 0 bridgehead atoms. The first-order chi connectivity index (χ1) is 9.63. The molecule has 1 N–H and O–H groups in total. The summed E-state index contributed by atoms with van der Waals surface area (Å²) in [5.41, 5.74) is 0.0603. The van der Waals surface area contributed by atoms with Gasteiger partial charge in [0.15, 0.2) is 0 Å². The van der Waals surface area contributed by atoms with E-state index >= 15 is 0 Å². The number of amides is 1. The largest absolute Gasteiger partial charge is 0.344 e. The van der Waals surface area contributed by atoms with Crippen LogP contribution >= 0.6 is 27.3 Å². The highest BCUT2D eigenvalue weighted by Gasteiger charge is 2.20. The second-order valence-corrected chi connectivity index (χ2v) is 6.26. The SMILES string of the molecule is CCCC(NC(=O)c1c(F)cccc1Br)c1cccs1. The van der Waals surface area contributed by atoms with Gasteiger partial charge in [0.25, 0.3) is 5.91 Å². The summed E-state index contributed by atoms with van der Waals surface area (Å²) in [7, 11) is 0. The molecule has 0 saturated heterocycles. The van der Waals surface area contributed by atoms with Crippen molar-refractivity contribution in [1.82, 2.24) is 5.32 Å². The maximum absolute atomic E-state index is 13.8. The molecule has 0 saturated carbocycles. The highest BCUT2D eigenvalue weighted by Crippen LogP contribution is 2.25.